The van der Waals surface area contributed by atoms with Gasteiger partial charge in [0.15, 0.2) is 11.4 Å². The Morgan fingerprint density at radius 2 is 1.67 bits per heavy atom. The summed E-state index contributed by atoms with van der Waals surface area (Å²) in [6.07, 6.45) is -8.52. The van der Waals surface area contributed by atoms with Crippen molar-refractivity contribution < 1.29 is 31.1 Å². The van der Waals surface area contributed by atoms with Crippen LogP contribution in [0.25, 0.3) is 0 Å². The van der Waals surface area contributed by atoms with E-state index in [0.29, 0.717) is 37.9 Å². The third-order valence-corrected chi connectivity index (χ3v) is 3.87. The monoisotopic (exact) mass is 392 g/mol. The van der Waals surface area contributed by atoms with Crippen molar-refractivity contribution in [2.24, 2.45) is 0 Å². The van der Waals surface area contributed by atoms with Gasteiger partial charge in [0.05, 0.1) is 11.3 Å². The lowest BCUT2D eigenvalue weighted by molar-refractivity contribution is -0.141. The Kier molecular flexibility index (Phi) is 5.13. The van der Waals surface area contributed by atoms with Crippen LogP contribution in [0.5, 0.6) is 11.8 Å². The highest BCUT2D eigenvalue weighted by Gasteiger charge is 2.34. The van der Waals surface area contributed by atoms with Gasteiger partial charge in [-0.3, -0.25) is 0 Å². The highest BCUT2D eigenvalue weighted by Crippen LogP contribution is 2.38. The molecule has 1 aliphatic rings. The molecule has 1 aliphatic heterocycles. The maximum Gasteiger partial charge on any atom is 0.433 e. The molecule has 0 unspecified atom stereocenters. The molecular formula is C16H14F6N4O. The number of piperazine rings is 1. The second-order valence-electron chi connectivity index (χ2n) is 5.74. The number of halogens is 6. The number of nitrogens with one attached hydrogen (secondary N) is 1. The van der Waals surface area contributed by atoms with Crippen molar-refractivity contribution in [3.8, 4) is 11.8 Å². The molecule has 1 saturated heterocycles. The van der Waals surface area contributed by atoms with Crippen LogP contribution in [0.2, 0.25) is 0 Å². The number of anilines is 1. The van der Waals surface area contributed by atoms with Gasteiger partial charge in [-0.05, 0) is 24.3 Å². The molecule has 0 radical (unpaired) electrons. The minimum absolute atomic E-state index is 0.258. The zero-order valence-corrected chi connectivity index (χ0v) is 13.7. The van der Waals surface area contributed by atoms with Crippen molar-refractivity contribution in [3.05, 3.63) is 41.7 Å². The summed E-state index contributed by atoms with van der Waals surface area (Å²) in [5.74, 6) is -0.258. The summed E-state index contributed by atoms with van der Waals surface area (Å²) in [5.41, 5.74) is -1.91. The summed E-state index contributed by atoms with van der Waals surface area (Å²) in [7, 11) is 0. The number of aromatic nitrogens is 2. The van der Waals surface area contributed by atoms with E-state index in [1.165, 1.54) is 6.07 Å². The first-order valence-corrected chi connectivity index (χ1v) is 7.89. The van der Waals surface area contributed by atoms with Crippen molar-refractivity contribution in [1.29, 1.82) is 0 Å². The van der Waals surface area contributed by atoms with Gasteiger partial charge in [-0.25, -0.2) is 4.98 Å². The van der Waals surface area contributed by atoms with Crippen LogP contribution in [0.3, 0.4) is 0 Å². The highest BCUT2D eigenvalue weighted by molar-refractivity contribution is 5.61. The fraction of sp³-hybridized carbons (Fsp3) is 0.375. The second kappa shape index (κ2) is 7.22. The van der Waals surface area contributed by atoms with Gasteiger partial charge in [-0.2, -0.15) is 31.3 Å². The molecule has 0 atom stereocenters. The molecule has 0 spiro atoms. The first kappa shape index (κ1) is 19.2. The maximum atomic E-state index is 13.0. The zero-order valence-electron chi connectivity index (χ0n) is 13.7. The average Bonchev–Trinajstić information content (AvgIpc) is 2.61. The molecule has 27 heavy (non-hydrogen) atoms. The van der Waals surface area contributed by atoms with E-state index in [1.807, 2.05) is 0 Å². The Labute approximate surface area is 150 Å². The predicted molar refractivity (Wildman–Crippen MR) is 83.6 cm³/mol. The molecule has 1 aromatic heterocycles. The predicted octanol–water partition coefficient (Wildman–Crippen LogP) is 3.72. The van der Waals surface area contributed by atoms with E-state index in [9.17, 15) is 26.3 Å². The Hall–Kier alpha value is -2.56. The summed E-state index contributed by atoms with van der Waals surface area (Å²) in [4.78, 5) is 8.61. The first-order chi connectivity index (χ1) is 12.6. The molecule has 0 aliphatic carbocycles. The summed E-state index contributed by atoms with van der Waals surface area (Å²) < 4.78 is 82.7. The normalized spacial score (nSPS) is 15.7. The van der Waals surface area contributed by atoms with Crippen LogP contribution in [0.1, 0.15) is 11.3 Å². The fourth-order valence-electron chi connectivity index (χ4n) is 2.59. The van der Waals surface area contributed by atoms with Gasteiger partial charge in [-0.1, -0.05) is 0 Å². The van der Waals surface area contributed by atoms with E-state index in [2.05, 4.69) is 15.3 Å². The Morgan fingerprint density at radius 3 is 2.30 bits per heavy atom. The van der Waals surface area contributed by atoms with E-state index in [-0.39, 0.29) is 5.75 Å². The van der Waals surface area contributed by atoms with E-state index in [1.54, 1.807) is 4.90 Å². The van der Waals surface area contributed by atoms with Gasteiger partial charge in [-0.15, -0.1) is 0 Å². The summed E-state index contributed by atoms with van der Waals surface area (Å²) in [6, 6.07) is 2.84. The number of hydrogen-bond acceptors (Lipinski definition) is 5. The number of rotatable bonds is 3. The van der Waals surface area contributed by atoms with Crippen molar-refractivity contribution in [2.75, 3.05) is 31.1 Å². The Bertz CT molecular complexity index is 802. The van der Waals surface area contributed by atoms with Crippen LogP contribution in [0.15, 0.2) is 30.5 Å². The van der Waals surface area contributed by atoms with Crippen LogP contribution >= 0.6 is 0 Å². The SMILES string of the molecule is FC(F)(F)c1ccc(N2CCNCC2)c(Oc2nccc(C(F)(F)F)n2)c1. The molecule has 0 saturated carbocycles. The van der Waals surface area contributed by atoms with E-state index >= 15 is 0 Å². The van der Waals surface area contributed by atoms with Crippen LogP contribution in [0.4, 0.5) is 32.0 Å². The van der Waals surface area contributed by atoms with Crippen LogP contribution < -0.4 is 15.0 Å². The maximum absolute atomic E-state index is 13.0. The second-order valence-corrected chi connectivity index (χ2v) is 5.74. The number of benzene rings is 1. The van der Waals surface area contributed by atoms with Gasteiger partial charge >= 0.3 is 18.4 Å². The number of ether oxygens (including phenoxy) is 1. The number of nitrogens with zero attached hydrogens (tertiary/aromatic N) is 3. The fourth-order valence-corrected chi connectivity index (χ4v) is 2.59. The highest BCUT2D eigenvalue weighted by atomic mass is 19.4. The number of hydrogen-bond donors (Lipinski definition) is 1. The van der Waals surface area contributed by atoms with Gasteiger partial charge in [0.25, 0.3) is 0 Å². The van der Waals surface area contributed by atoms with Gasteiger partial charge in [0.1, 0.15) is 0 Å². The quantitative estimate of drug-likeness (QED) is 0.807. The molecule has 2 aromatic rings. The Morgan fingerprint density at radius 1 is 0.963 bits per heavy atom. The van der Waals surface area contributed by atoms with Crippen LogP contribution in [-0.4, -0.2) is 36.1 Å². The van der Waals surface area contributed by atoms with E-state index in [0.717, 1.165) is 18.3 Å². The lowest BCUT2D eigenvalue weighted by Crippen LogP contribution is -2.43. The van der Waals surface area contributed by atoms with Gasteiger partial charge in [0.2, 0.25) is 0 Å². The third-order valence-electron chi connectivity index (χ3n) is 3.87. The minimum atomic E-state index is -4.73. The molecular weight excluding hydrogens is 378 g/mol. The standard InChI is InChI=1S/C16H14F6N4O/c17-15(18,19)10-1-2-11(26-7-5-23-6-8-26)12(9-10)27-14-24-4-3-13(25-14)16(20,21)22/h1-4,9,23H,5-8H2. The third kappa shape index (κ3) is 4.59. The zero-order chi connectivity index (χ0) is 19.7. The lowest BCUT2D eigenvalue weighted by Gasteiger charge is -2.30. The van der Waals surface area contributed by atoms with Crippen LogP contribution in [-0.2, 0) is 12.4 Å². The number of alkyl halides is 6. The van der Waals surface area contributed by atoms with Gasteiger partial charge < -0.3 is 15.0 Å². The molecule has 0 amide bonds. The van der Waals surface area contributed by atoms with E-state index < -0.39 is 29.6 Å². The first-order valence-electron chi connectivity index (χ1n) is 7.89. The minimum Gasteiger partial charge on any atom is -0.422 e. The topological polar surface area (TPSA) is 50.3 Å². The summed E-state index contributed by atoms with van der Waals surface area (Å²) in [5, 5.41) is 3.10. The molecule has 146 valence electrons. The smallest absolute Gasteiger partial charge is 0.422 e. The van der Waals surface area contributed by atoms with Crippen molar-refractivity contribution in [1.82, 2.24) is 15.3 Å². The molecule has 11 heteroatoms. The summed E-state index contributed by atoms with van der Waals surface area (Å²) >= 11 is 0. The molecule has 1 fully saturated rings. The van der Waals surface area contributed by atoms with E-state index in [4.69, 9.17) is 4.74 Å². The van der Waals surface area contributed by atoms with Crippen LogP contribution in [0, 0.1) is 0 Å². The lowest BCUT2D eigenvalue weighted by atomic mass is 10.1. The molecule has 5 nitrogen and oxygen atoms in total. The van der Waals surface area contributed by atoms with Crippen molar-refractivity contribution in [3.63, 3.8) is 0 Å². The van der Waals surface area contributed by atoms with Gasteiger partial charge in [0, 0.05) is 32.4 Å². The van der Waals surface area contributed by atoms with Crippen molar-refractivity contribution in [2.45, 2.75) is 12.4 Å². The Balaban J connectivity index is 1.98. The average molecular weight is 392 g/mol. The molecule has 3 rings (SSSR count). The largest absolute Gasteiger partial charge is 0.433 e. The molecule has 1 N–H and O–H groups in total. The molecule has 2 heterocycles. The summed E-state index contributed by atoms with van der Waals surface area (Å²) in [6.45, 7) is 2.23. The van der Waals surface area contributed by atoms with Crippen molar-refractivity contribution >= 4 is 5.69 Å². The molecule has 1 aromatic carbocycles. The molecule has 0 bridgehead atoms.